The first-order chi connectivity index (χ1) is 18.6. The summed E-state index contributed by atoms with van der Waals surface area (Å²) in [6, 6.07) is 15.6. The number of sulfonamides is 1. The van der Waals surface area contributed by atoms with Crippen LogP contribution in [0.25, 0.3) is 0 Å². The van der Waals surface area contributed by atoms with E-state index in [0.717, 1.165) is 0 Å². The number of carbonyl (C=O) groups is 2. The maximum atomic E-state index is 13.6. The van der Waals surface area contributed by atoms with Gasteiger partial charge in [-0.2, -0.15) is 4.31 Å². The average molecular weight is 553 g/mol. The van der Waals surface area contributed by atoms with Crippen molar-refractivity contribution in [3.05, 3.63) is 84.2 Å². The number of fused-ring (bicyclic) bond motifs is 1. The number of aliphatic hydroxyl groups excluding tert-OH is 1. The van der Waals surface area contributed by atoms with Gasteiger partial charge in [-0.05, 0) is 49.4 Å². The lowest BCUT2D eigenvalue weighted by molar-refractivity contribution is 0.0387. The zero-order valence-corrected chi connectivity index (χ0v) is 22.8. The quantitative estimate of drug-likeness (QED) is 0.440. The van der Waals surface area contributed by atoms with Gasteiger partial charge in [-0.15, -0.1) is 0 Å². The molecule has 3 aromatic rings. The molecule has 2 amide bonds. The molecule has 10 nitrogen and oxygen atoms in total. The van der Waals surface area contributed by atoms with Crippen molar-refractivity contribution in [2.24, 2.45) is 5.92 Å². The highest BCUT2D eigenvalue weighted by Gasteiger charge is 2.35. The number of rotatable bonds is 8. The fourth-order valence-corrected chi connectivity index (χ4v) is 5.55. The molecular weight excluding hydrogens is 520 g/mol. The number of carbonyl (C=O) groups excluding carboxylic acids is 2. The average Bonchev–Trinajstić information content (AvgIpc) is 2.95. The first-order valence-corrected chi connectivity index (χ1v) is 14.0. The third-order valence-electron chi connectivity index (χ3n) is 6.75. The van der Waals surface area contributed by atoms with E-state index in [2.05, 4.69) is 10.3 Å². The highest BCUT2D eigenvalue weighted by atomic mass is 32.2. The minimum atomic E-state index is -3.77. The van der Waals surface area contributed by atoms with E-state index in [4.69, 9.17) is 4.74 Å². The number of likely N-dealkylation sites (N-methyl/N-ethyl adjacent to an activating group) is 1. The summed E-state index contributed by atoms with van der Waals surface area (Å²) in [6.45, 7) is 3.64. The number of benzene rings is 2. The third kappa shape index (κ3) is 6.27. The topological polar surface area (TPSA) is 129 Å². The van der Waals surface area contributed by atoms with Crippen LogP contribution < -0.4 is 10.1 Å². The molecule has 1 aromatic heterocycles. The number of amides is 2. The molecule has 1 aliphatic heterocycles. The lowest BCUT2D eigenvalue weighted by Gasteiger charge is -2.38. The number of nitrogens with one attached hydrogen (secondary N) is 1. The Morgan fingerprint density at radius 3 is 2.54 bits per heavy atom. The normalized spacial score (nSPS) is 18.5. The number of hydrogen-bond donors (Lipinski definition) is 2. The largest absolute Gasteiger partial charge is 0.488 e. The predicted octanol–water partition coefficient (Wildman–Crippen LogP) is 2.87. The van der Waals surface area contributed by atoms with Crippen molar-refractivity contribution in [3.63, 3.8) is 0 Å². The number of anilines is 1. The summed E-state index contributed by atoms with van der Waals surface area (Å²) in [5.41, 5.74) is 0.998. The Bertz CT molecular complexity index is 1420. The van der Waals surface area contributed by atoms with Crippen LogP contribution in [0.2, 0.25) is 0 Å². The fourth-order valence-electron chi connectivity index (χ4n) is 4.35. The molecule has 4 rings (SSSR count). The first-order valence-electron chi connectivity index (χ1n) is 12.6. The Hall–Kier alpha value is -3.80. The molecule has 0 aliphatic carbocycles. The van der Waals surface area contributed by atoms with Crippen molar-refractivity contribution in [1.29, 1.82) is 0 Å². The van der Waals surface area contributed by atoms with Gasteiger partial charge in [0.1, 0.15) is 11.9 Å². The third-order valence-corrected chi connectivity index (χ3v) is 8.59. The summed E-state index contributed by atoms with van der Waals surface area (Å²) >= 11 is 0. The van der Waals surface area contributed by atoms with E-state index >= 15 is 0 Å². The van der Waals surface area contributed by atoms with Crippen molar-refractivity contribution in [2.45, 2.75) is 30.9 Å². The molecule has 0 unspecified atom stereocenters. The SMILES string of the molecule is C[C@@H]1CN([C@H](C)CO)C(=O)c2cc(NC(=O)c3ccncc3)ccc2O[C@@H]1CN(C)S(=O)(=O)c1ccccc1. The van der Waals surface area contributed by atoms with Gasteiger partial charge >= 0.3 is 0 Å². The molecule has 2 aromatic carbocycles. The minimum Gasteiger partial charge on any atom is -0.488 e. The lowest BCUT2D eigenvalue weighted by Crippen LogP contribution is -2.50. The minimum absolute atomic E-state index is 0.0356. The number of aliphatic hydroxyl groups is 1. The molecule has 2 heterocycles. The van der Waals surface area contributed by atoms with Gasteiger partial charge in [-0.1, -0.05) is 25.1 Å². The smallest absolute Gasteiger partial charge is 0.258 e. The fraction of sp³-hybridized carbons (Fsp3) is 0.321. The van der Waals surface area contributed by atoms with Crippen LogP contribution in [-0.4, -0.2) is 78.4 Å². The Labute approximate surface area is 228 Å². The van der Waals surface area contributed by atoms with Crippen molar-refractivity contribution in [2.75, 3.05) is 32.1 Å². The van der Waals surface area contributed by atoms with Gasteiger partial charge in [0, 0.05) is 43.2 Å². The van der Waals surface area contributed by atoms with E-state index < -0.39 is 22.2 Å². The van der Waals surface area contributed by atoms with Crippen molar-refractivity contribution in [1.82, 2.24) is 14.2 Å². The van der Waals surface area contributed by atoms with Crippen LogP contribution in [-0.2, 0) is 10.0 Å². The maximum absolute atomic E-state index is 13.6. The molecule has 39 heavy (non-hydrogen) atoms. The molecule has 0 spiro atoms. The van der Waals surface area contributed by atoms with Crippen molar-refractivity contribution >= 4 is 27.5 Å². The van der Waals surface area contributed by atoms with Gasteiger partial charge in [-0.25, -0.2) is 8.42 Å². The van der Waals surface area contributed by atoms with Gasteiger partial charge in [0.15, 0.2) is 0 Å². The second-order valence-corrected chi connectivity index (χ2v) is 11.7. The van der Waals surface area contributed by atoms with Crippen molar-refractivity contribution < 1.29 is 27.9 Å². The van der Waals surface area contributed by atoms with Gasteiger partial charge in [0.05, 0.1) is 29.7 Å². The standard InChI is InChI=1S/C28H32N4O6S/c1-19-16-32(20(2)18-33)28(35)24-15-22(30-27(34)21-11-13-29-14-12-21)9-10-25(24)38-26(19)17-31(3)39(36,37)23-7-5-4-6-8-23/h4-15,19-20,26,33H,16-18H2,1-3H3,(H,30,34)/t19-,20-,26-/m1/s1. The Morgan fingerprint density at radius 1 is 1.18 bits per heavy atom. The van der Waals surface area contributed by atoms with E-state index in [1.165, 1.54) is 41.9 Å². The summed E-state index contributed by atoms with van der Waals surface area (Å²) in [5, 5.41) is 12.7. The van der Waals surface area contributed by atoms with Crippen LogP contribution in [0, 0.1) is 5.92 Å². The van der Waals surface area contributed by atoms with E-state index in [-0.39, 0.29) is 53.6 Å². The van der Waals surface area contributed by atoms with Crippen LogP contribution in [0.3, 0.4) is 0 Å². The molecule has 0 bridgehead atoms. The molecule has 0 saturated heterocycles. The van der Waals surface area contributed by atoms with Crippen LogP contribution >= 0.6 is 0 Å². The number of aromatic nitrogens is 1. The zero-order chi connectivity index (χ0) is 28.2. The molecule has 206 valence electrons. The van der Waals surface area contributed by atoms with Crippen LogP contribution in [0.15, 0.2) is 78.0 Å². The first kappa shape index (κ1) is 28.2. The Balaban J connectivity index is 1.65. The van der Waals surface area contributed by atoms with Crippen molar-refractivity contribution in [3.8, 4) is 5.75 Å². The zero-order valence-electron chi connectivity index (χ0n) is 22.0. The van der Waals surface area contributed by atoms with Crippen LogP contribution in [0.1, 0.15) is 34.6 Å². The number of hydrogen-bond acceptors (Lipinski definition) is 7. The summed E-state index contributed by atoms with van der Waals surface area (Å²) in [5.74, 6) is -0.729. The van der Waals surface area contributed by atoms with Gasteiger partial charge in [0.25, 0.3) is 11.8 Å². The highest BCUT2D eigenvalue weighted by molar-refractivity contribution is 7.89. The summed E-state index contributed by atoms with van der Waals surface area (Å²) in [6.07, 6.45) is 2.42. The maximum Gasteiger partial charge on any atom is 0.258 e. The van der Waals surface area contributed by atoms with E-state index in [0.29, 0.717) is 11.3 Å². The number of nitrogens with zero attached hydrogens (tertiary/aromatic N) is 3. The second-order valence-electron chi connectivity index (χ2n) is 9.62. The van der Waals surface area contributed by atoms with E-state index in [9.17, 15) is 23.1 Å². The summed E-state index contributed by atoms with van der Waals surface area (Å²) in [7, 11) is -2.28. The monoisotopic (exact) mass is 552 g/mol. The highest BCUT2D eigenvalue weighted by Crippen LogP contribution is 2.31. The molecule has 1 aliphatic rings. The molecule has 0 saturated carbocycles. The number of pyridine rings is 1. The molecule has 0 radical (unpaired) electrons. The molecule has 2 N–H and O–H groups in total. The summed E-state index contributed by atoms with van der Waals surface area (Å²) < 4.78 is 33.9. The molecule has 11 heteroatoms. The van der Waals surface area contributed by atoms with Gasteiger partial charge in [0.2, 0.25) is 10.0 Å². The molecule has 3 atom stereocenters. The Morgan fingerprint density at radius 2 is 1.87 bits per heavy atom. The lowest BCUT2D eigenvalue weighted by atomic mass is 9.99. The van der Waals surface area contributed by atoms with Gasteiger partial charge in [-0.3, -0.25) is 14.6 Å². The van der Waals surface area contributed by atoms with E-state index in [1.807, 2.05) is 6.92 Å². The summed E-state index contributed by atoms with van der Waals surface area (Å²) in [4.78, 5) is 31.9. The Kier molecular flexibility index (Phi) is 8.63. The molecular formula is C28H32N4O6S. The predicted molar refractivity (Wildman–Crippen MR) is 146 cm³/mol. The van der Waals surface area contributed by atoms with Crippen LogP contribution in [0.4, 0.5) is 5.69 Å². The van der Waals surface area contributed by atoms with Crippen LogP contribution in [0.5, 0.6) is 5.75 Å². The second kappa shape index (κ2) is 11.9. The van der Waals surface area contributed by atoms with Gasteiger partial charge < -0.3 is 20.1 Å². The van der Waals surface area contributed by atoms with E-state index in [1.54, 1.807) is 54.3 Å². The number of ether oxygens (including phenoxy) is 1. The molecule has 0 fully saturated rings.